The number of fused-ring (bicyclic) bond motifs is 1. The van der Waals surface area contributed by atoms with Crippen LogP contribution in [0.25, 0.3) is 10.9 Å². The third kappa shape index (κ3) is 7.45. The number of carbonyl (C=O) groups is 2. The fourth-order valence-corrected chi connectivity index (χ4v) is 5.88. The van der Waals surface area contributed by atoms with Crippen LogP contribution in [0.2, 0.25) is 0 Å². The average molecular weight is 599 g/mol. The molecule has 0 unspecified atom stereocenters. The molecule has 4 aromatic rings. The molecule has 1 aliphatic heterocycles. The summed E-state index contributed by atoms with van der Waals surface area (Å²) in [5.41, 5.74) is 4.42. The van der Waals surface area contributed by atoms with Crippen molar-refractivity contribution in [1.82, 2.24) is 19.8 Å². The van der Waals surface area contributed by atoms with Gasteiger partial charge in [0.2, 0.25) is 0 Å². The van der Waals surface area contributed by atoms with Crippen LogP contribution in [0.4, 0.5) is 22.0 Å². The Hall–Kier alpha value is -4.25. The summed E-state index contributed by atoms with van der Waals surface area (Å²) in [6, 6.07) is 19.3. The van der Waals surface area contributed by atoms with E-state index in [-0.39, 0.29) is 18.0 Å². The number of carbonyl (C=O) groups excluding carboxylic acids is 2. The highest BCUT2D eigenvalue weighted by Crippen LogP contribution is 2.31. The van der Waals surface area contributed by atoms with Crippen LogP contribution in [0, 0.1) is 0 Å². The lowest BCUT2D eigenvalue weighted by atomic mass is 9.89. The maximum absolute atomic E-state index is 13.2. The zero-order chi connectivity index (χ0) is 31.1. The van der Waals surface area contributed by atoms with Gasteiger partial charge in [0.1, 0.15) is 5.82 Å². The van der Waals surface area contributed by atoms with Crippen molar-refractivity contribution in [2.45, 2.75) is 38.7 Å². The van der Waals surface area contributed by atoms with Crippen molar-refractivity contribution >= 4 is 40.0 Å². The lowest BCUT2D eigenvalue weighted by Crippen LogP contribution is -2.37. The van der Waals surface area contributed by atoms with Gasteiger partial charge >= 0.3 is 6.03 Å². The van der Waals surface area contributed by atoms with Gasteiger partial charge < -0.3 is 30.3 Å². The van der Waals surface area contributed by atoms with E-state index in [1.807, 2.05) is 62.4 Å². The number of aliphatic hydroxyl groups excluding tert-OH is 1. The van der Waals surface area contributed by atoms with E-state index in [1.54, 1.807) is 24.0 Å². The highest BCUT2D eigenvalue weighted by Gasteiger charge is 2.22. The fraction of sp³-hybridized carbons (Fsp3) is 0.382. The van der Waals surface area contributed by atoms with Gasteiger partial charge in [-0.25, -0.2) is 9.78 Å². The van der Waals surface area contributed by atoms with Crippen molar-refractivity contribution in [3.8, 4) is 0 Å². The number of β-amino-alcohol motifs (C(OH)–C–C–N with tert-alkyl or cyclic N) is 1. The quantitative estimate of drug-likeness (QED) is 0.203. The molecular formula is C34H42N6O4. The van der Waals surface area contributed by atoms with Gasteiger partial charge in [0.25, 0.3) is 5.91 Å². The van der Waals surface area contributed by atoms with E-state index in [2.05, 4.69) is 37.6 Å². The van der Waals surface area contributed by atoms with Crippen molar-refractivity contribution in [3.05, 3.63) is 84.2 Å². The molecule has 0 bridgehead atoms. The Labute approximate surface area is 258 Å². The van der Waals surface area contributed by atoms with E-state index >= 15 is 0 Å². The zero-order valence-corrected chi connectivity index (χ0v) is 25.7. The van der Waals surface area contributed by atoms with Crippen LogP contribution in [-0.2, 0) is 4.74 Å². The second-order valence-electron chi connectivity index (χ2n) is 11.2. The Morgan fingerprint density at radius 1 is 1.07 bits per heavy atom. The third-order valence-electron chi connectivity index (χ3n) is 8.13. The van der Waals surface area contributed by atoms with Gasteiger partial charge in [-0.1, -0.05) is 12.1 Å². The minimum absolute atomic E-state index is 0.195. The number of aliphatic hydroxyl groups is 1. The first-order chi connectivity index (χ1) is 21.4. The van der Waals surface area contributed by atoms with Gasteiger partial charge in [0, 0.05) is 67.5 Å². The predicted molar refractivity (Wildman–Crippen MR) is 174 cm³/mol. The molecule has 0 radical (unpaired) electrons. The van der Waals surface area contributed by atoms with E-state index in [0.29, 0.717) is 43.6 Å². The molecule has 232 valence electrons. The van der Waals surface area contributed by atoms with Crippen molar-refractivity contribution < 1.29 is 19.4 Å². The molecule has 3 heterocycles. The normalized spacial score (nSPS) is 14.8. The monoisotopic (exact) mass is 598 g/mol. The van der Waals surface area contributed by atoms with Crippen molar-refractivity contribution in [1.29, 1.82) is 0 Å². The zero-order valence-electron chi connectivity index (χ0n) is 25.7. The fourth-order valence-electron chi connectivity index (χ4n) is 5.88. The van der Waals surface area contributed by atoms with Crippen LogP contribution < -0.4 is 15.5 Å². The third-order valence-corrected chi connectivity index (χ3v) is 8.13. The number of hydrogen-bond donors (Lipinski definition) is 3. The molecule has 0 aliphatic carbocycles. The Kier molecular flexibility index (Phi) is 10.3. The van der Waals surface area contributed by atoms with E-state index in [0.717, 1.165) is 48.2 Å². The average Bonchev–Trinajstić information content (AvgIpc) is 3.46. The second-order valence-corrected chi connectivity index (χ2v) is 11.2. The molecule has 10 nitrogen and oxygen atoms in total. The highest BCUT2D eigenvalue weighted by molar-refractivity contribution is 6.04. The second kappa shape index (κ2) is 14.5. The summed E-state index contributed by atoms with van der Waals surface area (Å²) in [6.45, 7) is 8.17. The molecule has 1 aliphatic rings. The molecular weight excluding hydrogens is 556 g/mol. The summed E-state index contributed by atoms with van der Waals surface area (Å²) in [4.78, 5) is 34.3. The largest absolute Gasteiger partial charge is 0.392 e. The Morgan fingerprint density at radius 2 is 1.82 bits per heavy atom. The number of likely N-dealkylation sites (tertiary alicyclic amines) is 1. The number of piperidine rings is 1. The minimum Gasteiger partial charge on any atom is -0.392 e. The van der Waals surface area contributed by atoms with Gasteiger partial charge in [0.05, 0.1) is 18.2 Å². The van der Waals surface area contributed by atoms with Gasteiger partial charge in [-0.3, -0.25) is 9.36 Å². The molecule has 5 rings (SSSR count). The summed E-state index contributed by atoms with van der Waals surface area (Å²) in [7, 11) is 1.61. The first-order valence-electron chi connectivity index (χ1n) is 15.3. The summed E-state index contributed by atoms with van der Waals surface area (Å²) in [5.74, 6) is 0.695. The number of amides is 2. The van der Waals surface area contributed by atoms with Gasteiger partial charge in [0.15, 0.2) is 0 Å². The molecule has 2 amide bonds. The van der Waals surface area contributed by atoms with Crippen LogP contribution in [0.15, 0.2) is 73.1 Å². The SMILES string of the molecule is CCOCCN(c1ccnc(NC(=O)c2ccc(C3CCN(C[C@@H](C)O)CC3)cc2)c1)c1ccc2c(ccn2C(=O)NC)c1. The smallest absolute Gasteiger partial charge is 0.325 e. The van der Waals surface area contributed by atoms with Crippen LogP contribution in [0.3, 0.4) is 0 Å². The summed E-state index contributed by atoms with van der Waals surface area (Å²) in [6.07, 6.45) is 5.22. The van der Waals surface area contributed by atoms with Crippen LogP contribution >= 0.6 is 0 Å². The summed E-state index contributed by atoms with van der Waals surface area (Å²) < 4.78 is 7.26. The number of anilines is 3. The Morgan fingerprint density at radius 3 is 2.52 bits per heavy atom. The summed E-state index contributed by atoms with van der Waals surface area (Å²) in [5, 5.41) is 16.2. The van der Waals surface area contributed by atoms with E-state index in [9.17, 15) is 14.7 Å². The Bertz CT molecular complexity index is 1560. The first-order valence-corrected chi connectivity index (χ1v) is 15.3. The number of benzene rings is 2. The van der Waals surface area contributed by atoms with Crippen LogP contribution in [0.5, 0.6) is 0 Å². The van der Waals surface area contributed by atoms with E-state index < -0.39 is 0 Å². The van der Waals surface area contributed by atoms with Gasteiger partial charge in [-0.05, 0) is 93.7 Å². The number of rotatable bonds is 11. The lowest BCUT2D eigenvalue weighted by molar-refractivity contribution is 0.102. The maximum Gasteiger partial charge on any atom is 0.325 e. The topological polar surface area (TPSA) is 112 Å². The number of hydrogen-bond acceptors (Lipinski definition) is 7. The van der Waals surface area contributed by atoms with E-state index in [4.69, 9.17) is 4.74 Å². The van der Waals surface area contributed by atoms with Gasteiger partial charge in [-0.15, -0.1) is 0 Å². The van der Waals surface area contributed by atoms with Crippen molar-refractivity contribution in [2.24, 2.45) is 0 Å². The standard InChI is InChI=1S/C34H42N6O4/c1-4-44-20-19-39(29-9-10-31-28(21-29)14-18-40(31)34(43)35-3)30-11-15-36-32(22-30)37-33(42)27-7-5-25(6-8-27)26-12-16-38(17-13-26)23-24(2)41/h5-11,14-15,18,21-22,24,26,41H,4,12-13,16-17,19-20,23H2,1-3H3,(H,35,43)(H,36,37,42)/t24-/m1/s1. The van der Waals surface area contributed by atoms with Gasteiger partial charge in [-0.2, -0.15) is 0 Å². The first kappa shape index (κ1) is 31.2. The molecule has 0 spiro atoms. The molecule has 10 heteroatoms. The summed E-state index contributed by atoms with van der Waals surface area (Å²) >= 11 is 0. The molecule has 2 aromatic carbocycles. The van der Waals surface area contributed by atoms with Crippen LogP contribution in [-0.4, -0.2) is 84.0 Å². The highest BCUT2D eigenvalue weighted by atomic mass is 16.5. The molecule has 44 heavy (non-hydrogen) atoms. The maximum atomic E-state index is 13.2. The molecule has 1 saturated heterocycles. The molecule has 1 atom stereocenters. The molecule has 3 N–H and O–H groups in total. The Balaban J connectivity index is 1.29. The number of pyridine rings is 1. The number of ether oxygens (including phenoxy) is 1. The molecule has 2 aromatic heterocycles. The minimum atomic E-state index is -0.308. The van der Waals surface area contributed by atoms with Crippen molar-refractivity contribution in [3.63, 3.8) is 0 Å². The molecule has 1 fully saturated rings. The van der Waals surface area contributed by atoms with Crippen molar-refractivity contribution in [2.75, 3.05) is 56.7 Å². The number of nitrogens with zero attached hydrogens (tertiary/aromatic N) is 4. The predicted octanol–water partition coefficient (Wildman–Crippen LogP) is 5.21. The number of aromatic nitrogens is 2. The van der Waals surface area contributed by atoms with Crippen LogP contribution in [0.1, 0.15) is 48.5 Å². The number of nitrogens with one attached hydrogen (secondary N) is 2. The lowest BCUT2D eigenvalue weighted by Gasteiger charge is -2.32. The molecule has 0 saturated carbocycles. The van der Waals surface area contributed by atoms with E-state index in [1.165, 1.54) is 5.56 Å².